The zero-order valence-electron chi connectivity index (χ0n) is 20.9. The van der Waals surface area contributed by atoms with Gasteiger partial charge in [-0.25, -0.2) is 4.79 Å². The number of aryl methyl sites for hydroxylation is 1. The number of carbonyl (C=O) groups is 1. The van der Waals surface area contributed by atoms with Crippen molar-refractivity contribution in [1.29, 1.82) is 0 Å². The molecule has 37 heavy (non-hydrogen) atoms. The van der Waals surface area contributed by atoms with Gasteiger partial charge in [-0.2, -0.15) is 0 Å². The molecule has 1 aliphatic heterocycles. The Hall–Kier alpha value is -3.32. The molecule has 0 spiro atoms. The topological polar surface area (TPSA) is 60.5 Å². The van der Waals surface area contributed by atoms with E-state index in [-0.39, 0.29) is 30.8 Å². The number of pyridine rings is 1. The largest absolute Gasteiger partial charge is 0.368 e. The molecule has 0 radical (unpaired) electrons. The van der Waals surface area contributed by atoms with Gasteiger partial charge in [0, 0.05) is 60.9 Å². The average molecular weight is 539 g/mol. The second kappa shape index (κ2) is 13.3. The minimum Gasteiger partial charge on any atom is -0.368 e. The number of piperazine rings is 1. The summed E-state index contributed by atoms with van der Waals surface area (Å²) in [5, 5.41) is 7.02. The first-order valence-corrected chi connectivity index (χ1v) is 12.2. The minimum absolute atomic E-state index is 0. The summed E-state index contributed by atoms with van der Waals surface area (Å²) in [4.78, 5) is 22.0. The van der Waals surface area contributed by atoms with Crippen molar-refractivity contribution in [2.24, 2.45) is 0 Å². The molecule has 194 valence electrons. The van der Waals surface area contributed by atoms with E-state index in [2.05, 4.69) is 67.9 Å². The lowest BCUT2D eigenvalue weighted by atomic mass is 10.1. The molecular weight excluding hydrogens is 505 g/mol. The number of urea groups is 1. The molecule has 1 saturated heterocycles. The summed E-state index contributed by atoms with van der Waals surface area (Å²) in [5.74, 6) is 0. The fourth-order valence-electron chi connectivity index (χ4n) is 4.64. The number of nitrogens with zero attached hydrogens (tertiary/aromatic N) is 3. The summed E-state index contributed by atoms with van der Waals surface area (Å²) in [6.45, 7) is 7.13. The van der Waals surface area contributed by atoms with Gasteiger partial charge in [-0.3, -0.25) is 9.88 Å². The van der Waals surface area contributed by atoms with Gasteiger partial charge in [-0.05, 0) is 67.4 Å². The molecule has 2 amide bonds. The molecule has 0 atom stereocenters. The van der Waals surface area contributed by atoms with Gasteiger partial charge in [0.1, 0.15) is 0 Å². The molecule has 0 unspecified atom stereocenters. The number of hydrogen-bond donors (Lipinski definition) is 2. The normalized spacial score (nSPS) is 13.4. The highest BCUT2D eigenvalue weighted by Gasteiger charge is 2.18. The summed E-state index contributed by atoms with van der Waals surface area (Å²) in [6.07, 6.45) is 0.952. The Labute approximate surface area is 230 Å². The Morgan fingerprint density at radius 3 is 2.30 bits per heavy atom. The van der Waals surface area contributed by atoms with Gasteiger partial charge < -0.3 is 15.5 Å². The molecule has 4 aromatic rings. The van der Waals surface area contributed by atoms with Gasteiger partial charge in [-0.15, -0.1) is 24.8 Å². The third-order valence-electron chi connectivity index (χ3n) is 6.49. The van der Waals surface area contributed by atoms with Crippen LogP contribution in [0.3, 0.4) is 0 Å². The Bertz CT molecular complexity index is 1310. The van der Waals surface area contributed by atoms with Gasteiger partial charge in [-0.1, -0.05) is 36.4 Å². The quantitative estimate of drug-likeness (QED) is 0.299. The number of para-hydroxylation sites is 1. The van der Waals surface area contributed by atoms with E-state index >= 15 is 0 Å². The molecule has 1 aromatic heterocycles. The molecule has 2 heterocycles. The van der Waals surface area contributed by atoms with Crippen LogP contribution in [-0.4, -0.2) is 48.6 Å². The van der Waals surface area contributed by atoms with E-state index in [1.807, 2.05) is 49.4 Å². The Morgan fingerprint density at radius 1 is 0.811 bits per heavy atom. The van der Waals surface area contributed by atoms with Crippen LogP contribution in [0.1, 0.15) is 11.3 Å². The lowest BCUT2D eigenvalue weighted by Crippen LogP contribution is -2.47. The van der Waals surface area contributed by atoms with Gasteiger partial charge in [0.05, 0.1) is 5.52 Å². The molecule has 1 fully saturated rings. The Morgan fingerprint density at radius 2 is 1.51 bits per heavy atom. The van der Waals surface area contributed by atoms with Crippen molar-refractivity contribution < 1.29 is 4.79 Å². The minimum atomic E-state index is -0.233. The number of carbonyl (C=O) groups excluding carboxylic acids is 1. The predicted molar refractivity (Wildman–Crippen MR) is 159 cm³/mol. The van der Waals surface area contributed by atoms with Crippen molar-refractivity contribution in [3.8, 4) is 0 Å². The summed E-state index contributed by atoms with van der Waals surface area (Å²) >= 11 is 0. The van der Waals surface area contributed by atoms with Crippen molar-refractivity contribution in [3.05, 3.63) is 96.2 Å². The van der Waals surface area contributed by atoms with E-state index in [1.165, 1.54) is 16.6 Å². The highest BCUT2D eigenvalue weighted by atomic mass is 35.5. The second-order valence-corrected chi connectivity index (χ2v) is 9.02. The molecule has 2 N–H and O–H groups in total. The van der Waals surface area contributed by atoms with E-state index in [9.17, 15) is 4.79 Å². The number of benzene rings is 3. The first kappa shape index (κ1) is 28.3. The highest BCUT2D eigenvalue weighted by molar-refractivity contribution is 5.99. The van der Waals surface area contributed by atoms with Crippen molar-refractivity contribution in [2.45, 2.75) is 13.3 Å². The average Bonchev–Trinajstić information content (AvgIpc) is 2.88. The second-order valence-electron chi connectivity index (χ2n) is 9.02. The van der Waals surface area contributed by atoms with Crippen LogP contribution in [0.4, 0.5) is 21.9 Å². The number of amides is 2. The predicted octanol–water partition coefficient (Wildman–Crippen LogP) is 6.40. The number of aromatic nitrogens is 1. The van der Waals surface area contributed by atoms with Crippen LogP contribution in [0.5, 0.6) is 0 Å². The number of anilines is 3. The summed E-state index contributed by atoms with van der Waals surface area (Å²) in [5.41, 5.74) is 6.20. The number of nitrogens with one attached hydrogen (secondary N) is 2. The first-order valence-electron chi connectivity index (χ1n) is 12.2. The number of fused-ring (bicyclic) bond motifs is 1. The zero-order chi connectivity index (χ0) is 24.0. The summed E-state index contributed by atoms with van der Waals surface area (Å²) in [6, 6.07) is 28.0. The lowest BCUT2D eigenvalue weighted by molar-refractivity contribution is 0.261. The fourth-order valence-corrected chi connectivity index (χ4v) is 4.64. The van der Waals surface area contributed by atoms with Crippen LogP contribution in [0.15, 0.2) is 84.9 Å². The van der Waals surface area contributed by atoms with Gasteiger partial charge >= 0.3 is 6.03 Å². The molecule has 6 nitrogen and oxygen atoms in total. The molecule has 0 bridgehead atoms. The molecule has 0 saturated carbocycles. The molecular formula is C29H33Cl2N5O. The van der Waals surface area contributed by atoms with Crippen molar-refractivity contribution in [1.82, 2.24) is 9.88 Å². The van der Waals surface area contributed by atoms with Crippen LogP contribution in [-0.2, 0) is 6.42 Å². The van der Waals surface area contributed by atoms with E-state index in [0.717, 1.165) is 61.7 Å². The van der Waals surface area contributed by atoms with Crippen LogP contribution in [0.2, 0.25) is 0 Å². The smallest absolute Gasteiger partial charge is 0.323 e. The molecule has 1 aliphatic rings. The van der Waals surface area contributed by atoms with Crippen LogP contribution in [0, 0.1) is 6.92 Å². The van der Waals surface area contributed by atoms with E-state index in [0.29, 0.717) is 0 Å². The maximum atomic E-state index is 12.3. The molecule has 0 aliphatic carbocycles. The van der Waals surface area contributed by atoms with Crippen molar-refractivity contribution >= 4 is 58.8 Å². The number of rotatable bonds is 6. The zero-order valence-corrected chi connectivity index (χ0v) is 22.5. The van der Waals surface area contributed by atoms with Gasteiger partial charge in [0.15, 0.2) is 0 Å². The summed E-state index contributed by atoms with van der Waals surface area (Å²) < 4.78 is 0. The Kier molecular flexibility index (Phi) is 10.1. The van der Waals surface area contributed by atoms with Gasteiger partial charge in [0.2, 0.25) is 0 Å². The maximum absolute atomic E-state index is 12.3. The highest BCUT2D eigenvalue weighted by Crippen LogP contribution is 2.27. The lowest BCUT2D eigenvalue weighted by Gasteiger charge is -2.36. The summed E-state index contributed by atoms with van der Waals surface area (Å²) in [7, 11) is 0. The molecule has 5 rings (SSSR count). The monoisotopic (exact) mass is 537 g/mol. The van der Waals surface area contributed by atoms with Crippen molar-refractivity contribution in [2.75, 3.05) is 48.3 Å². The third-order valence-corrected chi connectivity index (χ3v) is 6.49. The number of halogens is 2. The SMILES string of the molecule is Cc1ccc2c(N3CCN(CCc4cccc(NC(=O)Nc5ccccc5)c4)CC3)cccc2n1.Cl.Cl. The maximum Gasteiger partial charge on any atom is 0.323 e. The fraction of sp³-hybridized carbons (Fsp3) is 0.241. The van der Waals surface area contributed by atoms with Crippen molar-refractivity contribution in [3.63, 3.8) is 0 Å². The van der Waals surface area contributed by atoms with E-state index in [1.54, 1.807) is 0 Å². The van der Waals surface area contributed by atoms with E-state index < -0.39 is 0 Å². The van der Waals surface area contributed by atoms with Crippen LogP contribution < -0.4 is 15.5 Å². The van der Waals surface area contributed by atoms with Crippen LogP contribution in [0.25, 0.3) is 10.9 Å². The Balaban J connectivity index is 0.00000190. The standard InChI is InChI=1S/C29H31N5O.2ClH/c1-22-13-14-26-27(30-22)11-6-12-28(26)34-19-17-33(18-20-34)16-15-23-7-5-10-25(21-23)32-29(35)31-24-8-3-2-4-9-24;;/h2-14,21H,15-20H2,1H3,(H2,31,32,35);2*1H. The van der Waals surface area contributed by atoms with Gasteiger partial charge in [0.25, 0.3) is 0 Å². The third kappa shape index (κ3) is 7.35. The molecule has 8 heteroatoms. The van der Waals surface area contributed by atoms with E-state index in [4.69, 9.17) is 0 Å². The van der Waals surface area contributed by atoms with Crippen LogP contribution >= 0.6 is 24.8 Å². The molecule has 3 aromatic carbocycles. The first-order chi connectivity index (χ1) is 17.1. The number of hydrogen-bond acceptors (Lipinski definition) is 4.